The van der Waals surface area contributed by atoms with E-state index in [0.717, 1.165) is 5.56 Å². The molecular weight excluding hydrogens is 234 g/mol. The maximum Gasteiger partial charge on any atom is 0.328 e. The molecule has 6 nitrogen and oxygen atoms in total. The monoisotopic (exact) mass is 247 g/mol. The third-order valence-corrected chi connectivity index (χ3v) is 2.54. The Bertz CT molecular complexity index is 673. The smallest absolute Gasteiger partial charge is 0.328 e. The van der Waals surface area contributed by atoms with Gasteiger partial charge in [-0.15, -0.1) is 0 Å². The van der Waals surface area contributed by atoms with Crippen LogP contribution in [0.1, 0.15) is 5.56 Å². The number of aromatic amines is 1. The number of rotatable bonds is 3. The van der Waals surface area contributed by atoms with Crippen molar-refractivity contribution in [2.24, 2.45) is 0 Å². The quantitative estimate of drug-likeness (QED) is 0.757. The van der Waals surface area contributed by atoms with Crippen LogP contribution in [0.3, 0.4) is 0 Å². The van der Waals surface area contributed by atoms with Gasteiger partial charge in [0.15, 0.2) is 0 Å². The number of benzene rings is 1. The Balaban J connectivity index is 2.42. The van der Waals surface area contributed by atoms with Gasteiger partial charge in [-0.05, 0) is 18.2 Å². The molecule has 0 aliphatic carbocycles. The van der Waals surface area contributed by atoms with Gasteiger partial charge in [0.1, 0.15) is 5.75 Å². The van der Waals surface area contributed by atoms with E-state index in [0.29, 0.717) is 11.4 Å². The van der Waals surface area contributed by atoms with Gasteiger partial charge in [0.25, 0.3) is 5.56 Å². The van der Waals surface area contributed by atoms with Crippen LogP contribution in [0.5, 0.6) is 5.75 Å². The van der Waals surface area contributed by atoms with Gasteiger partial charge >= 0.3 is 5.69 Å². The first-order valence-electron chi connectivity index (χ1n) is 5.32. The maximum absolute atomic E-state index is 11.6. The van der Waals surface area contributed by atoms with Gasteiger partial charge in [0.2, 0.25) is 0 Å². The number of nitrogen functional groups attached to an aromatic ring is 1. The van der Waals surface area contributed by atoms with Crippen molar-refractivity contribution in [3.8, 4) is 5.75 Å². The van der Waals surface area contributed by atoms with Gasteiger partial charge in [0.05, 0.1) is 13.7 Å². The molecule has 0 aliphatic heterocycles. The first-order chi connectivity index (χ1) is 8.60. The van der Waals surface area contributed by atoms with Crippen LogP contribution in [0.4, 0.5) is 5.69 Å². The number of nitrogens with one attached hydrogen (secondary N) is 1. The van der Waals surface area contributed by atoms with Gasteiger partial charge < -0.3 is 10.5 Å². The average molecular weight is 247 g/mol. The molecule has 0 atom stereocenters. The summed E-state index contributed by atoms with van der Waals surface area (Å²) in [5.74, 6) is 0.641. The van der Waals surface area contributed by atoms with E-state index in [1.165, 1.54) is 16.8 Å². The molecule has 6 heteroatoms. The van der Waals surface area contributed by atoms with Crippen molar-refractivity contribution in [1.82, 2.24) is 9.55 Å². The minimum atomic E-state index is -0.466. The van der Waals surface area contributed by atoms with E-state index < -0.39 is 11.2 Å². The molecule has 94 valence electrons. The first-order valence-corrected chi connectivity index (χ1v) is 5.32. The summed E-state index contributed by atoms with van der Waals surface area (Å²) in [7, 11) is 1.55. The number of hydrogen-bond acceptors (Lipinski definition) is 4. The highest BCUT2D eigenvalue weighted by Crippen LogP contribution is 2.21. The lowest BCUT2D eigenvalue weighted by Gasteiger charge is -2.10. The van der Waals surface area contributed by atoms with Crippen LogP contribution in [0.25, 0.3) is 0 Å². The van der Waals surface area contributed by atoms with Crippen LogP contribution < -0.4 is 21.7 Å². The molecule has 0 unspecified atom stereocenters. The molecule has 0 fully saturated rings. The largest absolute Gasteiger partial charge is 0.496 e. The van der Waals surface area contributed by atoms with Crippen molar-refractivity contribution in [3.05, 3.63) is 56.9 Å². The number of methoxy groups -OCH3 is 1. The molecule has 0 saturated heterocycles. The van der Waals surface area contributed by atoms with Gasteiger partial charge in [0, 0.05) is 23.5 Å². The van der Waals surface area contributed by atoms with Crippen molar-refractivity contribution in [1.29, 1.82) is 0 Å². The fourth-order valence-corrected chi connectivity index (χ4v) is 1.67. The van der Waals surface area contributed by atoms with Crippen LogP contribution >= 0.6 is 0 Å². The highest BCUT2D eigenvalue weighted by Gasteiger charge is 2.05. The summed E-state index contributed by atoms with van der Waals surface area (Å²) in [6.45, 7) is 0.282. The van der Waals surface area contributed by atoms with E-state index in [1.54, 1.807) is 25.3 Å². The lowest BCUT2D eigenvalue weighted by molar-refractivity contribution is 0.408. The van der Waals surface area contributed by atoms with Crippen molar-refractivity contribution in [2.75, 3.05) is 12.8 Å². The van der Waals surface area contributed by atoms with Crippen LogP contribution in [0.2, 0.25) is 0 Å². The van der Waals surface area contributed by atoms with Crippen molar-refractivity contribution in [2.45, 2.75) is 6.54 Å². The highest BCUT2D eigenvalue weighted by molar-refractivity contribution is 5.47. The zero-order valence-corrected chi connectivity index (χ0v) is 9.84. The molecule has 2 rings (SSSR count). The zero-order chi connectivity index (χ0) is 13.1. The lowest BCUT2D eigenvalue weighted by atomic mass is 10.1. The van der Waals surface area contributed by atoms with Gasteiger partial charge in [-0.2, -0.15) is 0 Å². The molecule has 0 bridgehead atoms. The van der Waals surface area contributed by atoms with Crippen molar-refractivity contribution in [3.63, 3.8) is 0 Å². The van der Waals surface area contributed by atoms with Crippen molar-refractivity contribution < 1.29 is 4.74 Å². The maximum atomic E-state index is 11.6. The number of aromatic nitrogens is 2. The summed E-state index contributed by atoms with van der Waals surface area (Å²) in [4.78, 5) is 24.7. The normalized spacial score (nSPS) is 10.3. The molecular formula is C12H13N3O3. The molecule has 3 N–H and O–H groups in total. The molecule has 18 heavy (non-hydrogen) atoms. The van der Waals surface area contributed by atoms with Gasteiger partial charge in [-0.25, -0.2) is 4.79 Å². The number of hydrogen-bond donors (Lipinski definition) is 2. The van der Waals surface area contributed by atoms with E-state index in [2.05, 4.69) is 4.98 Å². The Labute approximate surface area is 103 Å². The molecule has 2 aromatic rings. The number of ether oxygens (including phenoxy) is 1. The second kappa shape index (κ2) is 4.79. The predicted molar refractivity (Wildman–Crippen MR) is 67.8 cm³/mol. The van der Waals surface area contributed by atoms with Crippen LogP contribution in [-0.2, 0) is 6.54 Å². The molecule has 0 saturated carbocycles. The Hall–Kier alpha value is -2.50. The third kappa shape index (κ3) is 2.42. The topological polar surface area (TPSA) is 90.1 Å². The summed E-state index contributed by atoms with van der Waals surface area (Å²) in [6.07, 6.45) is 1.43. The fourth-order valence-electron chi connectivity index (χ4n) is 1.67. The zero-order valence-electron chi connectivity index (χ0n) is 9.84. The molecule has 0 amide bonds. The van der Waals surface area contributed by atoms with Crippen LogP contribution in [0.15, 0.2) is 40.1 Å². The Kier molecular flexibility index (Phi) is 3.18. The average Bonchev–Trinajstić information content (AvgIpc) is 2.33. The van der Waals surface area contributed by atoms with Crippen LogP contribution in [0, 0.1) is 0 Å². The Morgan fingerprint density at radius 2 is 2.11 bits per heavy atom. The van der Waals surface area contributed by atoms with E-state index in [4.69, 9.17) is 10.5 Å². The third-order valence-electron chi connectivity index (χ3n) is 2.54. The molecule has 1 aromatic carbocycles. The summed E-state index contributed by atoms with van der Waals surface area (Å²) >= 11 is 0. The number of anilines is 1. The SMILES string of the molecule is COc1ccc(N)cc1Cn1ccc(=O)[nH]c1=O. The number of nitrogens with zero attached hydrogens (tertiary/aromatic N) is 1. The molecule has 1 heterocycles. The molecule has 0 aliphatic rings. The van der Waals surface area contributed by atoms with E-state index in [-0.39, 0.29) is 6.54 Å². The second-order valence-electron chi connectivity index (χ2n) is 3.81. The standard InChI is InChI=1S/C12H13N3O3/c1-18-10-3-2-9(13)6-8(10)7-15-5-4-11(16)14-12(15)17/h2-6H,7,13H2,1H3,(H,14,16,17). The first kappa shape index (κ1) is 12.0. The van der Waals surface area contributed by atoms with Crippen LogP contribution in [-0.4, -0.2) is 16.7 Å². The highest BCUT2D eigenvalue weighted by atomic mass is 16.5. The summed E-state index contributed by atoms with van der Waals surface area (Å²) < 4.78 is 6.57. The minimum Gasteiger partial charge on any atom is -0.496 e. The van der Waals surface area contributed by atoms with E-state index in [1.807, 2.05) is 0 Å². The number of nitrogens with two attached hydrogens (primary N) is 1. The van der Waals surface area contributed by atoms with Gasteiger partial charge in [-0.3, -0.25) is 14.3 Å². The second-order valence-corrected chi connectivity index (χ2v) is 3.81. The minimum absolute atomic E-state index is 0.282. The molecule has 0 spiro atoms. The summed E-state index contributed by atoms with van der Waals surface area (Å²) in [5, 5.41) is 0. The molecule has 1 aromatic heterocycles. The fraction of sp³-hybridized carbons (Fsp3) is 0.167. The molecule has 0 radical (unpaired) electrons. The summed E-state index contributed by atoms with van der Waals surface area (Å²) in [5.41, 5.74) is 6.17. The Morgan fingerprint density at radius 3 is 2.78 bits per heavy atom. The van der Waals surface area contributed by atoms with E-state index >= 15 is 0 Å². The van der Waals surface area contributed by atoms with E-state index in [9.17, 15) is 9.59 Å². The Morgan fingerprint density at radius 1 is 1.33 bits per heavy atom. The predicted octanol–water partition coefficient (Wildman–Crippen LogP) is 0.176. The van der Waals surface area contributed by atoms with Crippen molar-refractivity contribution >= 4 is 5.69 Å². The lowest BCUT2D eigenvalue weighted by Crippen LogP contribution is -2.29. The summed E-state index contributed by atoms with van der Waals surface area (Å²) in [6, 6.07) is 6.48. The van der Waals surface area contributed by atoms with Gasteiger partial charge in [-0.1, -0.05) is 0 Å². The number of H-pyrrole nitrogens is 1.